The van der Waals surface area contributed by atoms with E-state index in [0.29, 0.717) is 12.6 Å². The van der Waals surface area contributed by atoms with Crippen LogP contribution in [0.15, 0.2) is 22.9 Å². The van der Waals surface area contributed by atoms with Gasteiger partial charge in [0.1, 0.15) is 10.4 Å². The Bertz CT molecular complexity index is 761. The molecular formula is C15H18BrN5O2. The highest BCUT2D eigenvalue weighted by molar-refractivity contribution is 9.10. The lowest BCUT2D eigenvalue weighted by Gasteiger charge is -2.34. The highest BCUT2D eigenvalue weighted by atomic mass is 79.9. The van der Waals surface area contributed by atoms with E-state index in [2.05, 4.69) is 30.9 Å². The molecule has 4 rings (SSSR count). The summed E-state index contributed by atoms with van der Waals surface area (Å²) < 4.78 is 7.94. The van der Waals surface area contributed by atoms with Crippen LogP contribution in [0, 0.1) is 0 Å². The summed E-state index contributed by atoms with van der Waals surface area (Å²) in [6, 6.07) is 4.46. The lowest BCUT2D eigenvalue weighted by Crippen LogP contribution is -2.49. The van der Waals surface area contributed by atoms with Gasteiger partial charge in [0.25, 0.3) is 0 Å². The summed E-state index contributed by atoms with van der Waals surface area (Å²) in [5, 5.41) is 4.65. The van der Waals surface area contributed by atoms with Gasteiger partial charge in [0, 0.05) is 13.1 Å². The third-order valence-electron chi connectivity index (χ3n) is 4.41. The normalized spacial score (nSPS) is 23.3. The number of halogens is 1. The van der Waals surface area contributed by atoms with Crippen LogP contribution in [0.5, 0.6) is 0 Å². The van der Waals surface area contributed by atoms with Gasteiger partial charge >= 0.3 is 6.09 Å². The van der Waals surface area contributed by atoms with Gasteiger partial charge in [0.15, 0.2) is 5.65 Å². The fraction of sp³-hybridized carbons (Fsp3) is 0.533. The van der Waals surface area contributed by atoms with Crippen molar-refractivity contribution in [1.29, 1.82) is 0 Å². The third kappa shape index (κ3) is 2.45. The molecule has 0 aromatic carbocycles. The average molecular weight is 380 g/mol. The second kappa shape index (κ2) is 5.36. The van der Waals surface area contributed by atoms with Crippen molar-refractivity contribution in [3.05, 3.63) is 22.9 Å². The van der Waals surface area contributed by atoms with Gasteiger partial charge in [-0.3, -0.25) is 0 Å². The molecule has 2 atom stereocenters. The highest BCUT2D eigenvalue weighted by Gasteiger charge is 2.46. The zero-order valence-electron chi connectivity index (χ0n) is 13.0. The lowest BCUT2D eigenvalue weighted by molar-refractivity contribution is 0.0713. The van der Waals surface area contributed by atoms with Crippen LogP contribution < -0.4 is 4.90 Å². The van der Waals surface area contributed by atoms with Crippen molar-refractivity contribution in [2.45, 2.75) is 38.5 Å². The smallest absolute Gasteiger partial charge is 0.410 e. The standard InChI is InChI=1S/C15H18BrN5O2/c1-9(2)23-15(22)20-8-10-5-11(20)7-19(10)14-4-3-13-17-6-12(16)21(13)18-14/h3-4,6,9-11H,5,7-8H2,1-2H3. The number of ether oxygens (including phenoxy) is 1. The van der Waals surface area contributed by atoms with E-state index in [-0.39, 0.29) is 18.2 Å². The third-order valence-corrected chi connectivity index (χ3v) is 4.95. The zero-order chi connectivity index (χ0) is 16.1. The average Bonchev–Trinajstić information content (AvgIpc) is 3.20. The van der Waals surface area contributed by atoms with Crippen LogP contribution in [0.3, 0.4) is 0 Å². The molecule has 4 heterocycles. The van der Waals surface area contributed by atoms with Crippen LogP contribution in [0.1, 0.15) is 20.3 Å². The number of carbonyl (C=O) groups excluding carboxylic acids is 1. The number of piperazine rings is 1. The van der Waals surface area contributed by atoms with Gasteiger partial charge < -0.3 is 14.5 Å². The Morgan fingerprint density at radius 1 is 1.35 bits per heavy atom. The molecule has 0 N–H and O–H groups in total. The number of amides is 1. The van der Waals surface area contributed by atoms with Crippen LogP contribution >= 0.6 is 15.9 Å². The van der Waals surface area contributed by atoms with E-state index in [9.17, 15) is 4.79 Å². The minimum absolute atomic E-state index is 0.0830. The highest BCUT2D eigenvalue weighted by Crippen LogP contribution is 2.34. The van der Waals surface area contributed by atoms with Gasteiger partial charge in [-0.05, 0) is 48.3 Å². The first-order chi connectivity index (χ1) is 11.0. The Balaban J connectivity index is 1.53. The molecule has 2 aromatic rings. The monoisotopic (exact) mass is 379 g/mol. The molecule has 2 aliphatic heterocycles. The molecule has 7 nitrogen and oxygen atoms in total. The lowest BCUT2D eigenvalue weighted by atomic mass is 10.2. The summed E-state index contributed by atoms with van der Waals surface area (Å²) in [6.45, 7) is 5.24. The molecule has 0 spiro atoms. The molecule has 2 saturated heterocycles. The van der Waals surface area contributed by atoms with Crippen LogP contribution in [0.4, 0.5) is 10.6 Å². The first-order valence-corrected chi connectivity index (χ1v) is 8.56. The van der Waals surface area contributed by atoms with Crippen molar-refractivity contribution in [3.63, 3.8) is 0 Å². The first-order valence-electron chi connectivity index (χ1n) is 7.77. The first kappa shape index (κ1) is 14.7. The Morgan fingerprint density at radius 2 is 2.17 bits per heavy atom. The van der Waals surface area contributed by atoms with Gasteiger partial charge in [-0.25, -0.2) is 14.3 Å². The molecule has 0 radical (unpaired) electrons. The molecule has 122 valence electrons. The van der Waals surface area contributed by atoms with Crippen molar-refractivity contribution < 1.29 is 9.53 Å². The quantitative estimate of drug-likeness (QED) is 0.800. The molecule has 0 saturated carbocycles. The molecule has 0 aliphatic carbocycles. The van der Waals surface area contributed by atoms with Crippen LogP contribution in [-0.4, -0.2) is 56.9 Å². The zero-order valence-corrected chi connectivity index (χ0v) is 14.6. The van der Waals surface area contributed by atoms with E-state index >= 15 is 0 Å². The Labute approximate surface area is 142 Å². The van der Waals surface area contributed by atoms with E-state index in [1.165, 1.54) is 0 Å². The number of hydrogen-bond acceptors (Lipinski definition) is 5. The number of aromatic nitrogens is 3. The van der Waals surface area contributed by atoms with Gasteiger partial charge in [0.2, 0.25) is 0 Å². The molecule has 2 aromatic heterocycles. The number of imidazole rings is 1. The maximum Gasteiger partial charge on any atom is 0.410 e. The number of likely N-dealkylation sites (tertiary alicyclic amines) is 1. The molecule has 2 aliphatic rings. The molecular weight excluding hydrogens is 362 g/mol. The van der Waals surface area contributed by atoms with Crippen molar-refractivity contribution in [3.8, 4) is 0 Å². The van der Waals surface area contributed by atoms with Crippen LogP contribution in [0.2, 0.25) is 0 Å². The Hall–Kier alpha value is -1.83. The van der Waals surface area contributed by atoms with E-state index < -0.39 is 0 Å². The van der Waals surface area contributed by atoms with Crippen molar-refractivity contribution in [2.75, 3.05) is 18.0 Å². The fourth-order valence-electron chi connectivity index (χ4n) is 3.43. The van der Waals surface area contributed by atoms with Crippen molar-refractivity contribution in [2.24, 2.45) is 0 Å². The summed E-state index contributed by atoms with van der Waals surface area (Å²) in [5.41, 5.74) is 0.812. The van der Waals surface area contributed by atoms with Gasteiger partial charge in [-0.2, -0.15) is 0 Å². The maximum atomic E-state index is 12.1. The SMILES string of the molecule is CC(C)OC(=O)N1CC2CC1CN2c1ccc2ncc(Br)n2n1. The van der Waals surface area contributed by atoms with E-state index in [0.717, 1.165) is 29.0 Å². The van der Waals surface area contributed by atoms with E-state index in [4.69, 9.17) is 4.74 Å². The van der Waals surface area contributed by atoms with Crippen molar-refractivity contribution in [1.82, 2.24) is 19.5 Å². The molecule has 2 fully saturated rings. The predicted molar refractivity (Wildman–Crippen MR) is 88.5 cm³/mol. The minimum atomic E-state index is -0.201. The second-order valence-electron chi connectivity index (χ2n) is 6.32. The Kier molecular flexibility index (Phi) is 3.44. The summed E-state index contributed by atoms with van der Waals surface area (Å²) >= 11 is 3.45. The van der Waals surface area contributed by atoms with Crippen LogP contribution in [0.25, 0.3) is 5.65 Å². The second-order valence-corrected chi connectivity index (χ2v) is 7.14. The van der Waals surface area contributed by atoms with E-state index in [1.807, 2.05) is 30.9 Å². The number of nitrogens with zero attached hydrogens (tertiary/aromatic N) is 5. The maximum absolute atomic E-state index is 12.1. The van der Waals surface area contributed by atoms with Crippen LogP contribution in [-0.2, 0) is 4.74 Å². The summed E-state index contributed by atoms with van der Waals surface area (Å²) in [5.74, 6) is 0.917. The van der Waals surface area contributed by atoms with Gasteiger partial charge in [-0.15, -0.1) is 5.10 Å². The number of anilines is 1. The molecule has 23 heavy (non-hydrogen) atoms. The topological polar surface area (TPSA) is 63.0 Å². The number of carbonyl (C=O) groups is 1. The minimum Gasteiger partial charge on any atom is -0.447 e. The summed E-state index contributed by atoms with van der Waals surface area (Å²) in [4.78, 5) is 20.5. The largest absolute Gasteiger partial charge is 0.447 e. The molecule has 2 bridgehead atoms. The molecule has 2 unspecified atom stereocenters. The Morgan fingerprint density at radius 3 is 2.87 bits per heavy atom. The van der Waals surface area contributed by atoms with Gasteiger partial charge in [-0.1, -0.05) is 0 Å². The predicted octanol–water partition coefficient (Wildman–Crippen LogP) is 2.30. The number of fused-ring (bicyclic) bond motifs is 3. The van der Waals surface area contributed by atoms with E-state index in [1.54, 1.807) is 10.7 Å². The molecule has 8 heteroatoms. The summed E-state index contributed by atoms with van der Waals surface area (Å²) in [6.07, 6.45) is 2.43. The molecule has 1 amide bonds. The summed E-state index contributed by atoms with van der Waals surface area (Å²) in [7, 11) is 0. The number of hydrogen-bond donors (Lipinski definition) is 0. The number of rotatable bonds is 2. The van der Waals surface area contributed by atoms with Gasteiger partial charge in [0.05, 0.1) is 24.4 Å². The fourth-order valence-corrected chi connectivity index (χ4v) is 3.79. The van der Waals surface area contributed by atoms with Crippen molar-refractivity contribution >= 4 is 33.5 Å².